The number of amides is 1. The van der Waals surface area contributed by atoms with Gasteiger partial charge in [-0.2, -0.15) is 0 Å². The molecule has 0 saturated heterocycles. The number of aliphatic hydroxyl groups is 1. The van der Waals surface area contributed by atoms with Gasteiger partial charge in [0.2, 0.25) is 0 Å². The molecule has 36 heavy (non-hydrogen) atoms. The molecular formula is C27H27ClN4O4. The number of rotatable bonds is 9. The van der Waals surface area contributed by atoms with E-state index in [0.29, 0.717) is 16.4 Å². The zero-order valence-corrected chi connectivity index (χ0v) is 20.7. The van der Waals surface area contributed by atoms with Crippen LogP contribution in [0.4, 0.5) is 17.2 Å². The average molecular weight is 507 g/mol. The monoisotopic (exact) mass is 506 g/mol. The van der Waals surface area contributed by atoms with Gasteiger partial charge in [-0.05, 0) is 36.4 Å². The molecule has 0 fully saturated rings. The first-order valence-electron chi connectivity index (χ1n) is 11.5. The first-order chi connectivity index (χ1) is 17.2. The van der Waals surface area contributed by atoms with Crippen molar-refractivity contribution >= 4 is 34.7 Å². The van der Waals surface area contributed by atoms with Gasteiger partial charge < -0.3 is 21.1 Å². The Morgan fingerprint density at radius 2 is 1.72 bits per heavy atom. The van der Waals surface area contributed by atoms with E-state index in [9.17, 15) is 19.5 Å². The number of anilines is 3. The Morgan fingerprint density at radius 3 is 2.36 bits per heavy atom. The molecular weight excluding hydrogens is 480 g/mol. The molecule has 4 rings (SSSR count). The highest BCUT2D eigenvalue weighted by Gasteiger charge is 2.49. The zero-order chi connectivity index (χ0) is 25.9. The summed E-state index contributed by atoms with van der Waals surface area (Å²) in [7, 11) is 0. The topological polar surface area (TPSA) is 120 Å². The number of hydrogen-bond donors (Lipinski definition) is 4. The Balaban J connectivity index is 1.64. The van der Waals surface area contributed by atoms with Crippen molar-refractivity contribution in [1.29, 1.82) is 0 Å². The number of halogens is 1. The molecule has 2 unspecified atom stereocenters. The maximum atomic E-state index is 12.8. The summed E-state index contributed by atoms with van der Waals surface area (Å²) in [5.74, 6) is -0.453. The molecule has 2 atom stereocenters. The molecule has 1 amide bonds. The smallest absolute Gasteiger partial charge is 0.253 e. The summed E-state index contributed by atoms with van der Waals surface area (Å²) in [4.78, 5) is 42.0. The minimum atomic E-state index is -1.01. The third kappa shape index (κ3) is 4.69. The maximum Gasteiger partial charge on any atom is 0.253 e. The van der Waals surface area contributed by atoms with E-state index in [1.165, 1.54) is 0 Å². The lowest BCUT2D eigenvalue weighted by Gasteiger charge is -2.50. The van der Waals surface area contributed by atoms with Crippen LogP contribution in [0.3, 0.4) is 0 Å². The van der Waals surface area contributed by atoms with Crippen molar-refractivity contribution in [3.8, 4) is 0 Å². The first kappa shape index (κ1) is 25.3. The van der Waals surface area contributed by atoms with Gasteiger partial charge >= 0.3 is 0 Å². The molecule has 1 heterocycles. The minimum Gasteiger partial charge on any atom is -0.396 e. The van der Waals surface area contributed by atoms with Gasteiger partial charge in [0.15, 0.2) is 0 Å². The molecule has 186 valence electrons. The fourth-order valence-electron chi connectivity index (χ4n) is 4.51. The second-order valence-corrected chi connectivity index (χ2v) is 9.72. The number of allylic oxidation sites excluding steroid dienone is 2. The van der Waals surface area contributed by atoms with Gasteiger partial charge in [0.05, 0.1) is 12.1 Å². The molecule has 1 aliphatic carbocycles. The molecule has 0 bridgehead atoms. The van der Waals surface area contributed by atoms with Crippen molar-refractivity contribution in [2.24, 2.45) is 11.3 Å². The predicted molar refractivity (Wildman–Crippen MR) is 142 cm³/mol. The standard InChI is InChI=1S/C27H27ClN4O4/c1-26(2)12-4-5-13-27(26,18(16-33)15-30-25(36)17-8-10-19(28)11-9-17)32-22-21(23(34)24(22)35)31-20-7-3-6-14-29-20/h3-14,18,32-33H,15-16H2,1-2H3,(H,29,31)(H,30,36). The van der Waals surface area contributed by atoms with Crippen LogP contribution in [-0.2, 0) is 0 Å². The van der Waals surface area contributed by atoms with Crippen LogP contribution >= 0.6 is 11.6 Å². The number of nitrogens with zero attached hydrogens (tertiary/aromatic N) is 1. The van der Waals surface area contributed by atoms with Crippen LogP contribution in [0, 0.1) is 11.3 Å². The van der Waals surface area contributed by atoms with Crippen LogP contribution < -0.4 is 26.8 Å². The highest BCUT2D eigenvalue weighted by atomic mass is 35.5. The number of aromatic nitrogens is 1. The van der Waals surface area contributed by atoms with Gasteiger partial charge in [0.1, 0.15) is 17.2 Å². The molecule has 0 radical (unpaired) electrons. The van der Waals surface area contributed by atoms with E-state index in [4.69, 9.17) is 11.6 Å². The highest BCUT2D eigenvalue weighted by Crippen LogP contribution is 2.44. The molecule has 1 aromatic heterocycles. The van der Waals surface area contributed by atoms with Crippen LogP contribution in [0.25, 0.3) is 0 Å². The Hall–Kier alpha value is -3.75. The van der Waals surface area contributed by atoms with Crippen LogP contribution in [0.15, 0.2) is 82.6 Å². The number of hydrogen-bond acceptors (Lipinski definition) is 7. The third-order valence-electron chi connectivity index (χ3n) is 6.69. The van der Waals surface area contributed by atoms with E-state index >= 15 is 0 Å². The molecule has 9 heteroatoms. The van der Waals surface area contributed by atoms with E-state index in [0.717, 1.165) is 0 Å². The summed E-state index contributed by atoms with van der Waals surface area (Å²) in [5, 5.41) is 20.1. The van der Waals surface area contributed by atoms with Gasteiger partial charge in [0, 0.05) is 34.7 Å². The van der Waals surface area contributed by atoms with Crippen molar-refractivity contribution in [3.05, 3.63) is 104 Å². The van der Waals surface area contributed by atoms with Crippen LogP contribution in [0.1, 0.15) is 24.2 Å². The van der Waals surface area contributed by atoms with Crippen molar-refractivity contribution in [2.45, 2.75) is 19.4 Å². The number of benzene rings is 1. The summed E-state index contributed by atoms with van der Waals surface area (Å²) in [6.45, 7) is 3.72. The third-order valence-corrected chi connectivity index (χ3v) is 6.94. The fourth-order valence-corrected chi connectivity index (χ4v) is 4.64. The van der Waals surface area contributed by atoms with Crippen LogP contribution in [-0.4, -0.2) is 34.7 Å². The summed E-state index contributed by atoms with van der Waals surface area (Å²) >= 11 is 5.92. The Kier molecular flexibility index (Phi) is 7.10. The average Bonchev–Trinajstić information content (AvgIpc) is 2.88. The molecule has 0 spiro atoms. The zero-order valence-electron chi connectivity index (χ0n) is 19.9. The minimum absolute atomic E-state index is 0.102. The van der Waals surface area contributed by atoms with E-state index in [1.807, 2.05) is 38.2 Å². The largest absolute Gasteiger partial charge is 0.396 e. The van der Waals surface area contributed by atoms with E-state index in [-0.39, 0.29) is 30.4 Å². The number of carbonyl (C=O) groups is 1. The maximum absolute atomic E-state index is 12.8. The fraction of sp³-hybridized carbons (Fsp3) is 0.259. The van der Waals surface area contributed by atoms with Gasteiger partial charge in [-0.15, -0.1) is 0 Å². The molecule has 3 aromatic rings. The van der Waals surface area contributed by atoms with Gasteiger partial charge in [-0.3, -0.25) is 14.4 Å². The molecule has 4 N–H and O–H groups in total. The summed E-state index contributed by atoms with van der Waals surface area (Å²) in [6, 6.07) is 11.7. The summed E-state index contributed by atoms with van der Waals surface area (Å²) in [5.41, 5.74) is -2.27. The number of carbonyl (C=O) groups excluding carboxylic acids is 1. The lowest BCUT2D eigenvalue weighted by atomic mass is 9.63. The van der Waals surface area contributed by atoms with Crippen molar-refractivity contribution < 1.29 is 9.90 Å². The summed E-state index contributed by atoms with van der Waals surface area (Å²) in [6.07, 6.45) is 9.10. The van der Waals surface area contributed by atoms with Crippen LogP contribution in [0.5, 0.6) is 0 Å². The lowest BCUT2D eigenvalue weighted by molar-refractivity contribution is 0.0898. The van der Waals surface area contributed by atoms with Crippen molar-refractivity contribution in [1.82, 2.24) is 10.3 Å². The Bertz CT molecular complexity index is 1380. The molecule has 0 aliphatic heterocycles. The normalized spacial score (nSPS) is 19.1. The van der Waals surface area contributed by atoms with Crippen molar-refractivity contribution in [3.63, 3.8) is 0 Å². The molecule has 8 nitrogen and oxygen atoms in total. The molecule has 2 aromatic carbocycles. The summed E-state index contributed by atoms with van der Waals surface area (Å²) < 4.78 is 0. The second-order valence-electron chi connectivity index (χ2n) is 9.28. The van der Waals surface area contributed by atoms with Gasteiger partial charge in [0.25, 0.3) is 16.8 Å². The number of pyridine rings is 1. The quantitative estimate of drug-likeness (QED) is 0.328. The highest BCUT2D eigenvalue weighted by molar-refractivity contribution is 6.30. The van der Waals surface area contributed by atoms with E-state index in [2.05, 4.69) is 20.9 Å². The molecule has 0 saturated carbocycles. The molecule has 1 aliphatic rings. The van der Waals surface area contributed by atoms with Gasteiger partial charge in [-0.1, -0.05) is 55.8 Å². The Labute approximate surface area is 213 Å². The van der Waals surface area contributed by atoms with E-state index in [1.54, 1.807) is 48.7 Å². The van der Waals surface area contributed by atoms with E-state index < -0.39 is 27.7 Å². The Morgan fingerprint density at radius 1 is 1.03 bits per heavy atom. The van der Waals surface area contributed by atoms with Crippen molar-refractivity contribution in [2.75, 3.05) is 23.8 Å². The van der Waals surface area contributed by atoms with Crippen LogP contribution in [0.2, 0.25) is 5.02 Å². The second kappa shape index (κ2) is 10.1. The predicted octanol–water partition coefficient (Wildman–Crippen LogP) is 3.42. The number of nitrogens with one attached hydrogen (secondary N) is 3. The number of aliphatic hydroxyl groups excluding tert-OH is 1. The SMILES string of the molecule is CC1(C)C=CC=CC1(Nc1c(Nc2ccccn2)c(=O)c1=O)C(CO)CNC(=O)c1ccc(Cl)cc1. The van der Waals surface area contributed by atoms with Gasteiger partial charge in [-0.25, -0.2) is 4.98 Å². The lowest BCUT2D eigenvalue weighted by Crippen LogP contribution is -2.60. The first-order valence-corrected chi connectivity index (χ1v) is 11.9.